The van der Waals surface area contributed by atoms with E-state index in [0.717, 1.165) is 0 Å². The molecule has 15 heteroatoms. The van der Waals surface area contributed by atoms with Crippen molar-refractivity contribution >= 4 is 23.4 Å². The number of nitro groups is 2. The van der Waals surface area contributed by atoms with E-state index in [1.165, 1.54) is 33.8 Å². The second-order valence-electron chi connectivity index (χ2n) is 10.4. The van der Waals surface area contributed by atoms with Crippen LogP contribution < -0.4 is 9.47 Å². The smallest absolute Gasteiger partial charge is 0.391 e. The topological polar surface area (TPSA) is 161 Å². The Morgan fingerprint density at radius 3 is 1.40 bits per heavy atom. The van der Waals surface area contributed by atoms with Gasteiger partial charge in [-0.05, 0) is 0 Å². The summed E-state index contributed by atoms with van der Waals surface area (Å²) in [6.45, 7) is -0.872. The zero-order chi connectivity index (χ0) is 30.3. The summed E-state index contributed by atoms with van der Waals surface area (Å²) in [5, 5.41) is 24.6. The Labute approximate surface area is 243 Å². The lowest BCUT2D eigenvalue weighted by Crippen LogP contribution is -2.65. The fourth-order valence-corrected chi connectivity index (χ4v) is 7.35. The zero-order valence-electron chi connectivity index (χ0n) is 23.0. The molecular weight excluding hydrogens is 564 g/mol. The molecule has 0 radical (unpaired) electrons. The van der Waals surface area contributed by atoms with Gasteiger partial charge in [-0.1, -0.05) is 60.7 Å². The number of carbonyl (C=O) groups excluding carboxylic acids is 2. The molecule has 4 aliphatic rings. The van der Waals surface area contributed by atoms with Gasteiger partial charge in [0.1, 0.15) is 13.5 Å². The third-order valence-corrected chi connectivity index (χ3v) is 8.74. The summed E-state index contributed by atoms with van der Waals surface area (Å²) in [5.41, 5.74) is -3.34. The van der Waals surface area contributed by atoms with Crippen LogP contribution >= 0.6 is 0 Å². The van der Waals surface area contributed by atoms with Crippen LogP contribution in [0.4, 0.5) is 21.0 Å². The summed E-state index contributed by atoms with van der Waals surface area (Å²) in [4.78, 5) is 57.9. The molecule has 3 aromatic rings. The van der Waals surface area contributed by atoms with Crippen LogP contribution in [0.1, 0.15) is 22.3 Å². The maximum Gasteiger partial charge on any atom is 0.391 e. The number of nitro benzene ring substituents is 2. The summed E-state index contributed by atoms with van der Waals surface area (Å²) >= 11 is 0. The Balaban J connectivity index is 1.64. The number of ether oxygens (including phenoxy) is 3. The fraction of sp³-hybridized carbons (Fsp3) is 0.286. The van der Waals surface area contributed by atoms with Crippen LogP contribution in [-0.4, -0.2) is 69.2 Å². The molecule has 4 amide bonds. The molecule has 0 aliphatic carbocycles. The van der Waals surface area contributed by atoms with E-state index in [1.807, 2.05) is 48.5 Å². The summed E-state index contributed by atoms with van der Waals surface area (Å²) in [6, 6.07) is 17.1. The van der Waals surface area contributed by atoms with Crippen LogP contribution in [0, 0.1) is 20.2 Å². The number of fused-ring (bicyclic) bond motifs is 1. The molecule has 0 unspecified atom stereocenters. The predicted molar refractivity (Wildman–Crippen MR) is 145 cm³/mol. The highest BCUT2D eigenvalue weighted by Gasteiger charge is 2.81. The average Bonchev–Trinajstić information content (AvgIpc) is 3.29. The van der Waals surface area contributed by atoms with Gasteiger partial charge in [-0.3, -0.25) is 39.8 Å². The highest BCUT2D eigenvalue weighted by molar-refractivity contribution is 5.91. The van der Waals surface area contributed by atoms with Crippen LogP contribution in [0.2, 0.25) is 0 Å². The van der Waals surface area contributed by atoms with Gasteiger partial charge < -0.3 is 14.2 Å². The van der Waals surface area contributed by atoms with E-state index in [4.69, 9.17) is 14.2 Å². The first kappa shape index (κ1) is 26.5. The van der Waals surface area contributed by atoms with Crippen molar-refractivity contribution in [2.24, 2.45) is 0 Å². The van der Waals surface area contributed by atoms with Crippen molar-refractivity contribution in [2.45, 2.75) is 24.4 Å². The number of carbonyl (C=O) groups is 2. The quantitative estimate of drug-likeness (QED) is 0.309. The van der Waals surface area contributed by atoms with Crippen molar-refractivity contribution in [2.75, 3.05) is 27.7 Å². The zero-order valence-corrected chi connectivity index (χ0v) is 23.0. The lowest BCUT2D eigenvalue weighted by atomic mass is 9.79. The number of amides is 4. The van der Waals surface area contributed by atoms with E-state index >= 15 is 0 Å². The van der Waals surface area contributed by atoms with Gasteiger partial charge in [0.2, 0.25) is 11.5 Å². The maximum atomic E-state index is 14.6. The summed E-state index contributed by atoms with van der Waals surface area (Å²) < 4.78 is 16.8. The molecule has 220 valence electrons. The highest BCUT2D eigenvalue weighted by Crippen LogP contribution is 2.65. The molecule has 3 aromatic carbocycles. The van der Waals surface area contributed by atoms with Crippen LogP contribution in [-0.2, 0) is 29.2 Å². The molecule has 4 heterocycles. The van der Waals surface area contributed by atoms with Crippen molar-refractivity contribution in [3.05, 3.63) is 103 Å². The molecule has 0 aromatic heterocycles. The molecular formula is C28H24N6O9. The minimum atomic E-state index is -1.55. The second-order valence-corrected chi connectivity index (χ2v) is 10.4. The number of rotatable bonds is 6. The Morgan fingerprint density at radius 1 is 0.674 bits per heavy atom. The van der Waals surface area contributed by atoms with E-state index in [2.05, 4.69) is 0 Å². The highest BCUT2D eigenvalue weighted by atomic mass is 16.6. The molecule has 0 saturated carbocycles. The molecule has 15 nitrogen and oxygen atoms in total. The number of urea groups is 2. The van der Waals surface area contributed by atoms with Gasteiger partial charge in [0.15, 0.2) is 11.3 Å². The molecule has 7 rings (SSSR count). The van der Waals surface area contributed by atoms with Crippen LogP contribution in [0.15, 0.2) is 60.7 Å². The van der Waals surface area contributed by atoms with Crippen molar-refractivity contribution in [1.82, 2.24) is 19.6 Å². The predicted octanol–water partition coefficient (Wildman–Crippen LogP) is 3.66. The monoisotopic (exact) mass is 588 g/mol. The van der Waals surface area contributed by atoms with Gasteiger partial charge >= 0.3 is 23.4 Å². The molecule has 3 saturated heterocycles. The number of methoxy groups -OCH3 is 2. The maximum absolute atomic E-state index is 14.6. The number of hydrogen-bond donors (Lipinski definition) is 0. The Kier molecular flexibility index (Phi) is 5.55. The second kappa shape index (κ2) is 9.03. The third-order valence-electron chi connectivity index (χ3n) is 8.74. The standard InChI is InChI=1S/C28H24N6O9/c1-41-23-19-13-29-25(35)31-15-43-16-32-26(36)30(14-20(19)24(42-2)22(34(39)40)21(23)33(37)38)27(29,17-9-5-3-6-10-17)28(31,32)18-11-7-4-8-12-18/h3-12H,13-16H2,1-2H3. The largest absolute Gasteiger partial charge is 0.490 e. The summed E-state index contributed by atoms with van der Waals surface area (Å²) in [6.07, 6.45) is 0. The van der Waals surface area contributed by atoms with Gasteiger partial charge in [-0.2, -0.15) is 0 Å². The van der Waals surface area contributed by atoms with Crippen molar-refractivity contribution in [1.29, 1.82) is 0 Å². The average molecular weight is 589 g/mol. The first-order chi connectivity index (χ1) is 20.8. The number of nitrogens with zero attached hydrogens (tertiary/aromatic N) is 6. The van der Waals surface area contributed by atoms with E-state index in [1.54, 1.807) is 12.1 Å². The summed E-state index contributed by atoms with van der Waals surface area (Å²) in [5.74, 6) is -0.771. The molecule has 43 heavy (non-hydrogen) atoms. The lowest BCUT2D eigenvalue weighted by molar-refractivity contribution is -0.423. The van der Waals surface area contributed by atoms with Gasteiger partial charge in [-0.25, -0.2) is 9.59 Å². The number of benzene rings is 3. The minimum Gasteiger partial charge on any atom is -0.490 e. The van der Waals surface area contributed by atoms with E-state index < -0.39 is 44.6 Å². The first-order valence-electron chi connectivity index (χ1n) is 13.2. The third kappa shape index (κ3) is 2.96. The van der Waals surface area contributed by atoms with Crippen molar-refractivity contribution in [3.8, 4) is 11.5 Å². The van der Waals surface area contributed by atoms with Crippen molar-refractivity contribution in [3.63, 3.8) is 0 Å². The van der Waals surface area contributed by atoms with Crippen molar-refractivity contribution < 1.29 is 33.6 Å². The Bertz CT molecular complexity index is 1640. The molecule has 0 atom stereocenters. The minimum absolute atomic E-state index is 0.123. The lowest BCUT2D eigenvalue weighted by Gasteiger charge is -2.51. The normalized spacial score (nSPS) is 23.6. The molecule has 0 N–H and O–H groups in total. The van der Waals surface area contributed by atoms with Gasteiger partial charge in [0.25, 0.3) is 0 Å². The first-order valence-corrected chi connectivity index (χ1v) is 13.2. The van der Waals surface area contributed by atoms with E-state index in [9.17, 15) is 29.8 Å². The van der Waals surface area contributed by atoms with Crippen LogP contribution in [0.25, 0.3) is 0 Å². The Morgan fingerprint density at radius 2 is 1.05 bits per heavy atom. The molecule has 4 aliphatic heterocycles. The van der Waals surface area contributed by atoms with E-state index in [-0.39, 0.29) is 49.2 Å². The van der Waals surface area contributed by atoms with Gasteiger partial charge in [0, 0.05) is 22.3 Å². The molecule has 0 spiro atoms. The Hall–Kier alpha value is -5.44. The fourth-order valence-electron chi connectivity index (χ4n) is 7.35. The van der Waals surface area contributed by atoms with Gasteiger partial charge in [0.05, 0.1) is 37.2 Å². The van der Waals surface area contributed by atoms with E-state index in [0.29, 0.717) is 11.1 Å². The molecule has 0 bridgehead atoms. The van der Waals surface area contributed by atoms with Crippen LogP contribution in [0.5, 0.6) is 11.5 Å². The summed E-state index contributed by atoms with van der Waals surface area (Å²) in [7, 11) is 2.33. The molecule has 3 fully saturated rings. The number of hydrogen-bond acceptors (Lipinski definition) is 9. The van der Waals surface area contributed by atoms with Gasteiger partial charge in [-0.15, -0.1) is 0 Å². The van der Waals surface area contributed by atoms with Crippen LogP contribution in [0.3, 0.4) is 0 Å². The SMILES string of the molecule is COc1c2c(c(OC)c([N+](=O)[O-])c1[N+](=O)[O-])CN1C(=O)N3COCN4C(=O)N(C2)C1(c1ccccc1)C43c1ccccc1.